The maximum atomic E-state index is 12.1. The summed E-state index contributed by atoms with van der Waals surface area (Å²) in [6.07, 6.45) is 3.47. The van der Waals surface area contributed by atoms with E-state index >= 15 is 0 Å². The Kier molecular flexibility index (Phi) is 4.15. The monoisotopic (exact) mass is 308 g/mol. The highest BCUT2D eigenvalue weighted by Crippen LogP contribution is 2.31. The zero-order valence-corrected chi connectivity index (χ0v) is 12.9. The molecular formula is C19H16O4. The first kappa shape index (κ1) is 14.9. The van der Waals surface area contributed by atoms with Crippen LogP contribution in [0, 0.1) is 0 Å². The second kappa shape index (κ2) is 6.40. The van der Waals surface area contributed by atoms with Crippen molar-refractivity contribution in [3.8, 4) is 11.5 Å². The van der Waals surface area contributed by atoms with Gasteiger partial charge in [0.05, 0.1) is 19.8 Å². The Balaban J connectivity index is 1.99. The van der Waals surface area contributed by atoms with Crippen LogP contribution in [0.4, 0.5) is 0 Å². The molecule has 2 aromatic rings. The van der Waals surface area contributed by atoms with Crippen LogP contribution >= 0.6 is 0 Å². The quantitative estimate of drug-likeness (QED) is 0.638. The van der Waals surface area contributed by atoms with Gasteiger partial charge in [-0.3, -0.25) is 0 Å². The van der Waals surface area contributed by atoms with Gasteiger partial charge in [0.2, 0.25) is 0 Å². The van der Waals surface area contributed by atoms with Gasteiger partial charge >= 0.3 is 5.97 Å². The van der Waals surface area contributed by atoms with Crippen LogP contribution in [0.2, 0.25) is 0 Å². The summed E-state index contributed by atoms with van der Waals surface area (Å²) in [7, 11) is 3.18. The normalized spacial score (nSPS) is 15.3. The number of hydrogen-bond donors (Lipinski definition) is 0. The van der Waals surface area contributed by atoms with Gasteiger partial charge in [0.25, 0.3) is 0 Å². The molecule has 2 aromatic carbocycles. The third-order valence-corrected chi connectivity index (χ3v) is 3.53. The number of benzene rings is 2. The maximum Gasteiger partial charge on any atom is 0.343 e. The number of ether oxygens (including phenoxy) is 3. The molecule has 0 atom stereocenters. The molecule has 1 aliphatic heterocycles. The molecule has 0 N–H and O–H groups in total. The molecular weight excluding hydrogens is 292 g/mol. The van der Waals surface area contributed by atoms with E-state index in [-0.39, 0.29) is 5.97 Å². The Labute approximate surface area is 134 Å². The predicted octanol–water partition coefficient (Wildman–Crippen LogP) is 3.69. The van der Waals surface area contributed by atoms with Crippen LogP contribution in [-0.2, 0) is 9.53 Å². The van der Waals surface area contributed by atoms with E-state index in [4.69, 9.17) is 14.2 Å². The second-order valence-electron chi connectivity index (χ2n) is 4.97. The molecule has 0 amide bonds. The van der Waals surface area contributed by atoms with E-state index in [2.05, 4.69) is 0 Å². The molecule has 0 radical (unpaired) electrons. The van der Waals surface area contributed by atoms with Crippen LogP contribution in [0.15, 0.2) is 60.2 Å². The minimum absolute atomic E-state index is 0.381. The number of rotatable bonds is 4. The van der Waals surface area contributed by atoms with Crippen LogP contribution in [0.3, 0.4) is 0 Å². The van der Waals surface area contributed by atoms with Gasteiger partial charge in [0.1, 0.15) is 17.3 Å². The van der Waals surface area contributed by atoms with Crippen molar-refractivity contribution < 1.29 is 19.0 Å². The summed E-state index contributed by atoms with van der Waals surface area (Å²) in [6.45, 7) is 0. The lowest BCUT2D eigenvalue weighted by Crippen LogP contribution is -1.97. The van der Waals surface area contributed by atoms with Crippen molar-refractivity contribution in [3.05, 3.63) is 71.3 Å². The zero-order valence-electron chi connectivity index (χ0n) is 12.9. The fraction of sp³-hybridized carbons (Fsp3) is 0.105. The molecule has 1 aliphatic rings. The minimum Gasteiger partial charge on any atom is -0.497 e. The topological polar surface area (TPSA) is 44.8 Å². The highest BCUT2D eigenvalue weighted by molar-refractivity contribution is 6.05. The average molecular weight is 308 g/mol. The van der Waals surface area contributed by atoms with Crippen LogP contribution < -0.4 is 9.47 Å². The van der Waals surface area contributed by atoms with Gasteiger partial charge in [0.15, 0.2) is 0 Å². The molecule has 0 fully saturated rings. The van der Waals surface area contributed by atoms with Crippen LogP contribution in [0.5, 0.6) is 11.5 Å². The van der Waals surface area contributed by atoms with E-state index in [0.717, 1.165) is 11.1 Å². The Morgan fingerprint density at radius 1 is 1.00 bits per heavy atom. The van der Waals surface area contributed by atoms with Crippen molar-refractivity contribution >= 4 is 17.8 Å². The Bertz CT molecular complexity index is 788. The highest BCUT2D eigenvalue weighted by atomic mass is 16.5. The van der Waals surface area contributed by atoms with Gasteiger partial charge in [-0.25, -0.2) is 4.79 Å². The molecule has 0 bridgehead atoms. The summed E-state index contributed by atoms with van der Waals surface area (Å²) in [4.78, 5) is 12.1. The summed E-state index contributed by atoms with van der Waals surface area (Å²) in [5.41, 5.74) is 2.08. The fourth-order valence-corrected chi connectivity index (χ4v) is 2.35. The van der Waals surface area contributed by atoms with Gasteiger partial charge in [-0.2, -0.15) is 0 Å². The molecule has 0 unspecified atom stereocenters. The number of esters is 1. The van der Waals surface area contributed by atoms with E-state index in [1.807, 2.05) is 36.4 Å². The summed E-state index contributed by atoms with van der Waals surface area (Å²) in [6, 6.07) is 14.9. The Morgan fingerprint density at radius 3 is 2.48 bits per heavy atom. The Hall–Kier alpha value is -3.01. The molecule has 3 rings (SSSR count). The molecule has 0 aromatic heterocycles. The van der Waals surface area contributed by atoms with Gasteiger partial charge in [-0.1, -0.05) is 30.3 Å². The van der Waals surface area contributed by atoms with Crippen molar-refractivity contribution in [2.45, 2.75) is 0 Å². The standard InChI is InChI=1S/C19H16O4/c1-21-16-8-9-17(22-2)14(11-16)10-15-12-18(23-19(15)20)13-6-4-3-5-7-13/h3-12H,1-2H3. The number of carbonyl (C=O) groups excluding carboxylic acids is 1. The molecule has 116 valence electrons. The SMILES string of the molecule is COc1ccc(OC)c(C=C2C=C(c3ccccc3)OC2=O)c1. The van der Waals surface area contributed by atoms with E-state index in [1.54, 1.807) is 38.5 Å². The summed E-state index contributed by atoms with van der Waals surface area (Å²) >= 11 is 0. The third-order valence-electron chi connectivity index (χ3n) is 3.53. The molecule has 0 spiro atoms. The summed E-state index contributed by atoms with van der Waals surface area (Å²) in [5, 5.41) is 0. The smallest absolute Gasteiger partial charge is 0.343 e. The highest BCUT2D eigenvalue weighted by Gasteiger charge is 2.22. The Morgan fingerprint density at radius 2 is 1.78 bits per heavy atom. The average Bonchev–Trinajstić information content (AvgIpc) is 2.96. The molecule has 0 aliphatic carbocycles. The largest absolute Gasteiger partial charge is 0.497 e. The molecule has 4 heteroatoms. The molecule has 4 nitrogen and oxygen atoms in total. The lowest BCUT2D eigenvalue weighted by molar-refractivity contribution is -0.130. The maximum absolute atomic E-state index is 12.1. The number of hydrogen-bond acceptors (Lipinski definition) is 4. The predicted molar refractivity (Wildman–Crippen MR) is 88.0 cm³/mol. The lowest BCUT2D eigenvalue weighted by Gasteiger charge is -2.07. The fourth-order valence-electron chi connectivity index (χ4n) is 2.35. The van der Waals surface area contributed by atoms with E-state index in [9.17, 15) is 4.79 Å². The molecule has 1 heterocycles. The van der Waals surface area contributed by atoms with E-state index in [1.165, 1.54) is 0 Å². The summed E-state index contributed by atoms with van der Waals surface area (Å²) in [5.74, 6) is 1.52. The van der Waals surface area contributed by atoms with Crippen molar-refractivity contribution in [2.24, 2.45) is 0 Å². The molecule has 0 saturated carbocycles. The van der Waals surface area contributed by atoms with Crippen molar-refractivity contribution in [1.29, 1.82) is 0 Å². The molecule has 0 saturated heterocycles. The van der Waals surface area contributed by atoms with E-state index < -0.39 is 0 Å². The zero-order chi connectivity index (χ0) is 16.2. The summed E-state index contributed by atoms with van der Waals surface area (Å²) < 4.78 is 15.9. The third kappa shape index (κ3) is 3.11. The van der Waals surface area contributed by atoms with Gasteiger partial charge in [-0.15, -0.1) is 0 Å². The van der Waals surface area contributed by atoms with Gasteiger partial charge in [-0.05, 0) is 30.4 Å². The van der Waals surface area contributed by atoms with Crippen molar-refractivity contribution in [3.63, 3.8) is 0 Å². The van der Waals surface area contributed by atoms with Crippen LogP contribution in [-0.4, -0.2) is 20.2 Å². The number of carbonyl (C=O) groups is 1. The van der Waals surface area contributed by atoms with Crippen molar-refractivity contribution in [1.82, 2.24) is 0 Å². The van der Waals surface area contributed by atoms with Crippen molar-refractivity contribution in [2.75, 3.05) is 14.2 Å². The molecule has 23 heavy (non-hydrogen) atoms. The first-order valence-electron chi connectivity index (χ1n) is 7.14. The second-order valence-corrected chi connectivity index (χ2v) is 4.97. The first-order chi connectivity index (χ1) is 11.2. The van der Waals surface area contributed by atoms with Gasteiger partial charge in [0, 0.05) is 11.1 Å². The van der Waals surface area contributed by atoms with Gasteiger partial charge < -0.3 is 14.2 Å². The number of cyclic esters (lactones) is 1. The van der Waals surface area contributed by atoms with Crippen LogP contribution in [0.25, 0.3) is 11.8 Å². The lowest BCUT2D eigenvalue weighted by atomic mass is 10.1. The van der Waals surface area contributed by atoms with Crippen LogP contribution in [0.1, 0.15) is 11.1 Å². The number of methoxy groups -OCH3 is 2. The van der Waals surface area contributed by atoms with E-state index in [0.29, 0.717) is 22.8 Å². The minimum atomic E-state index is -0.381. The first-order valence-corrected chi connectivity index (χ1v) is 7.14.